The zero-order valence-electron chi connectivity index (χ0n) is 17.4. The van der Waals surface area contributed by atoms with Gasteiger partial charge in [-0.15, -0.1) is 0 Å². The van der Waals surface area contributed by atoms with Crippen LogP contribution in [0.25, 0.3) is 0 Å². The van der Waals surface area contributed by atoms with Crippen LogP contribution < -0.4 is 10.6 Å². The molecule has 2 atom stereocenters. The fourth-order valence-electron chi connectivity index (χ4n) is 2.42. The van der Waals surface area contributed by atoms with Crippen molar-refractivity contribution in [2.75, 3.05) is 19.4 Å². The molecule has 0 aliphatic carbocycles. The summed E-state index contributed by atoms with van der Waals surface area (Å²) in [6, 6.07) is 11.4. The summed E-state index contributed by atoms with van der Waals surface area (Å²) in [5.74, 6) is 0.157. The molecular formula is C19H36N2O3Si2. The minimum absolute atomic E-state index is 0.0364. The van der Waals surface area contributed by atoms with E-state index in [2.05, 4.69) is 37.6 Å². The van der Waals surface area contributed by atoms with Crippen LogP contribution in [0.15, 0.2) is 30.3 Å². The van der Waals surface area contributed by atoms with Crippen molar-refractivity contribution in [3.63, 3.8) is 0 Å². The maximum Gasteiger partial charge on any atom is 0.216 e. The molecule has 0 fully saturated rings. The van der Waals surface area contributed by atoms with Gasteiger partial charge in [-0.1, -0.05) is 44.2 Å². The summed E-state index contributed by atoms with van der Waals surface area (Å²) < 4.78 is 6.52. The Morgan fingerprint density at radius 1 is 0.962 bits per heavy atom. The van der Waals surface area contributed by atoms with E-state index in [9.17, 15) is 9.59 Å². The molecule has 148 valence electrons. The number of rotatable bonds is 9. The van der Waals surface area contributed by atoms with Crippen molar-refractivity contribution < 1.29 is 13.7 Å². The molecule has 1 aromatic carbocycles. The molecule has 0 saturated carbocycles. The van der Waals surface area contributed by atoms with Crippen LogP contribution in [0.1, 0.15) is 38.1 Å². The largest absolute Gasteiger partial charge is 0.453 e. The van der Waals surface area contributed by atoms with Gasteiger partial charge in [-0.05, 0) is 39.2 Å². The van der Waals surface area contributed by atoms with Gasteiger partial charge in [-0.3, -0.25) is 9.59 Å². The monoisotopic (exact) mass is 396 g/mol. The highest BCUT2D eigenvalue weighted by molar-refractivity contribution is 6.86. The Morgan fingerprint density at radius 3 is 1.81 bits per heavy atom. The first-order chi connectivity index (χ1) is 12.1. The van der Waals surface area contributed by atoms with Crippen LogP contribution in [0.5, 0.6) is 0 Å². The molecule has 1 aromatic rings. The first-order valence-electron chi connectivity index (χ1n) is 9.26. The SMILES string of the molecule is CC(=O)c1ccccc1.CC[Si](C)(CNC)O[Si](C)(CC)CNC(C)=O. The molecule has 0 aromatic heterocycles. The summed E-state index contributed by atoms with van der Waals surface area (Å²) in [7, 11) is -1.47. The molecule has 0 radical (unpaired) electrons. The van der Waals surface area contributed by atoms with E-state index in [1.54, 1.807) is 13.8 Å². The van der Waals surface area contributed by atoms with E-state index in [4.69, 9.17) is 4.12 Å². The highest BCUT2D eigenvalue weighted by Crippen LogP contribution is 2.20. The Hall–Kier alpha value is -1.29. The second kappa shape index (κ2) is 12.2. The lowest BCUT2D eigenvalue weighted by Crippen LogP contribution is -2.57. The number of hydrogen-bond acceptors (Lipinski definition) is 4. The fourth-order valence-corrected chi connectivity index (χ4v) is 10.8. The third kappa shape index (κ3) is 10.0. The van der Waals surface area contributed by atoms with Gasteiger partial charge in [0.25, 0.3) is 0 Å². The van der Waals surface area contributed by atoms with Crippen LogP contribution in [-0.4, -0.2) is 47.7 Å². The smallest absolute Gasteiger partial charge is 0.216 e. The summed E-state index contributed by atoms with van der Waals surface area (Å²) in [4.78, 5) is 21.7. The van der Waals surface area contributed by atoms with Crippen molar-refractivity contribution in [3.8, 4) is 0 Å². The van der Waals surface area contributed by atoms with Crippen LogP contribution in [0.4, 0.5) is 0 Å². The van der Waals surface area contributed by atoms with Gasteiger partial charge in [0.15, 0.2) is 22.4 Å². The highest BCUT2D eigenvalue weighted by Gasteiger charge is 2.37. The molecule has 0 aliphatic heterocycles. The van der Waals surface area contributed by atoms with Crippen molar-refractivity contribution in [2.45, 2.75) is 52.9 Å². The molecule has 26 heavy (non-hydrogen) atoms. The van der Waals surface area contributed by atoms with E-state index in [-0.39, 0.29) is 11.7 Å². The molecule has 1 amide bonds. The Bertz CT molecular complexity index is 557. The first-order valence-corrected chi connectivity index (χ1v) is 14.9. The van der Waals surface area contributed by atoms with Crippen LogP contribution in [0.3, 0.4) is 0 Å². The molecular weight excluding hydrogens is 360 g/mol. The molecule has 0 heterocycles. The lowest BCUT2D eigenvalue weighted by molar-refractivity contribution is -0.118. The van der Waals surface area contributed by atoms with Gasteiger partial charge < -0.3 is 14.7 Å². The highest BCUT2D eigenvalue weighted by atomic mass is 28.4. The van der Waals surface area contributed by atoms with Gasteiger partial charge in [0.1, 0.15) is 0 Å². The van der Waals surface area contributed by atoms with E-state index in [1.807, 2.05) is 37.4 Å². The molecule has 0 spiro atoms. The maximum absolute atomic E-state index is 11.0. The second-order valence-electron chi connectivity index (χ2n) is 7.07. The number of hydrogen-bond donors (Lipinski definition) is 2. The molecule has 0 bridgehead atoms. The molecule has 0 aliphatic rings. The number of amides is 1. The van der Waals surface area contributed by atoms with Gasteiger partial charge in [0.2, 0.25) is 5.91 Å². The van der Waals surface area contributed by atoms with Crippen LogP contribution >= 0.6 is 0 Å². The number of nitrogens with one attached hydrogen (secondary N) is 2. The molecule has 5 nitrogen and oxygen atoms in total. The van der Waals surface area contributed by atoms with Gasteiger partial charge in [0, 0.05) is 24.8 Å². The van der Waals surface area contributed by atoms with E-state index < -0.39 is 16.6 Å². The lowest BCUT2D eigenvalue weighted by atomic mass is 10.2. The Balaban J connectivity index is 0.000000577. The van der Waals surface area contributed by atoms with E-state index in [0.717, 1.165) is 30.0 Å². The lowest BCUT2D eigenvalue weighted by Gasteiger charge is -2.37. The number of ketones is 1. The third-order valence-corrected chi connectivity index (χ3v) is 13.4. The van der Waals surface area contributed by atoms with Gasteiger partial charge in [0.05, 0.1) is 0 Å². The van der Waals surface area contributed by atoms with Crippen LogP contribution in [0.2, 0.25) is 25.2 Å². The molecule has 0 saturated heterocycles. The predicted octanol–water partition coefficient (Wildman–Crippen LogP) is 3.52. The summed E-state index contributed by atoms with van der Waals surface area (Å²) in [5.41, 5.74) is 0.775. The van der Waals surface area contributed by atoms with Crippen molar-refractivity contribution in [1.29, 1.82) is 0 Å². The number of carbonyl (C=O) groups excluding carboxylic acids is 2. The zero-order valence-corrected chi connectivity index (χ0v) is 19.4. The van der Waals surface area contributed by atoms with Gasteiger partial charge in [-0.2, -0.15) is 0 Å². The maximum atomic E-state index is 11.0. The van der Waals surface area contributed by atoms with E-state index in [1.165, 1.54) is 0 Å². The summed E-state index contributed by atoms with van der Waals surface area (Å²) in [6.07, 6.45) is 1.71. The molecule has 2 N–H and O–H groups in total. The van der Waals surface area contributed by atoms with Crippen molar-refractivity contribution in [3.05, 3.63) is 35.9 Å². The predicted molar refractivity (Wildman–Crippen MR) is 114 cm³/mol. The number of benzene rings is 1. The van der Waals surface area contributed by atoms with E-state index >= 15 is 0 Å². The minimum Gasteiger partial charge on any atom is -0.453 e. The minimum atomic E-state index is -1.79. The molecule has 2 unspecified atom stereocenters. The first kappa shape index (κ1) is 24.7. The topological polar surface area (TPSA) is 67.4 Å². The van der Waals surface area contributed by atoms with Crippen molar-refractivity contribution >= 4 is 28.3 Å². The average molecular weight is 397 g/mol. The number of carbonyl (C=O) groups is 2. The van der Waals surface area contributed by atoms with Crippen LogP contribution in [0, 0.1) is 0 Å². The average Bonchev–Trinajstić information content (AvgIpc) is 2.61. The normalized spacial score (nSPS) is 15.0. The zero-order chi connectivity index (χ0) is 20.2. The van der Waals surface area contributed by atoms with Gasteiger partial charge >= 0.3 is 0 Å². The Kier molecular flexibility index (Phi) is 11.6. The second-order valence-corrected chi connectivity index (χ2v) is 15.8. The summed E-state index contributed by atoms with van der Waals surface area (Å²) in [5, 5.41) is 6.17. The Labute approximate surface area is 161 Å². The van der Waals surface area contributed by atoms with Gasteiger partial charge in [-0.25, -0.2) is 0 Å². The Morgan fingerprint density at radius 2 is 1.46 bits per heavy atom. The summed E-state index contributed by atoms with van der Waals surface area (Å²) >= 11 is 0. The fraction of sp³-hybridized carbons (Fsp3) is 0.579. The standard InChI is InChI=1S/C11H28N2O2Si2.C8H8O/c1-7-16(5,9-12-4)15-17(6,8-2)10-13-11(3)14;1-7(9)8-5-3-2-4-6-8/h12H,7-10H2,1-6H3,(H,13,14);2-6H,1H3. The third-order valence-electron chi connectivity index (χ3n) is 4.43. The number of Topliss-reactive ketones (excluding diaryl/α,β-unsaturated/α-hetero) is 1. The quantitative estimate of drug-likeness (QED) is 0.495. The van der Waals surface area contributed by atoms with Crippen LogP contribution in [-0.2, 0) is 8.91 Å². The van der Waals surface area contributed by atoms with Crippen molar-refractivity contribution in [2.24, 2.45) is 0 Å². The molecule has 1 rings (SSSR count). The molecule has 7 heteroatoms. The van der Waals surface area contributed by atoms with E-state index in [0.29, 0.717) is 0 Å². The van der Waals surface area contributed by atoms with Crippen molar-refractivity contribution in [1.82, 2.24) is 10.6 Å². The summed E-state index contributed by atoms with van der Waals surface area (Å²) in [6.45, 7) is 12.0.